The quantitative estimate of drug-likeness (QED) is 0.376. The average Bonchev–Trinajstić information content (AvgIpc) is 3.33. The van der Waals surface area contributed by atoms with Crippen LogP contribution in [0.1, 0.15) is 55.9 Å². The molecule has 208 valence electrons. The van der Waals surface area contributed by atoms with Gasteiger partial charge in [0.15, 0.2) is 0 Å². The third-order valence-corrected chi connectivity index (χ3v) is 6.90. The smallest absolute Gasteiger partial charge is 0.328 e. The predicted molar refractivity (Wildman–Crippen MR) is 141 cm³/mol. The number of ether oxygens (including phenoxy) is 1. The molecular weight excluding hydrogens is 492 g/mol. The highest BCUT2D eigenvalue weighted by Crippen LogP contribution is 2.25. The summed E-state index contributed by atoms with van der Waals surface area (Å²) in [5, 5.41) is 35.1. The monoisotopic (exact) mass is 530 g/mol. The zero-order valence-corrected chi connectivity index (χ0v) is 22.0. The summed E-state index contributed by atoms with van der Waals surface area (Å²) in [5.74, 6) is -2.09. The summed E-state index contributed by atoms with van der Waals surface area (Å²) < 4.78 is 7.28. The van der Waals surface area contributed by atoms with Crippen LogP contribution in [0.25, 0.3) is 10.9 Å². The number of nitrogens with one attached hydrogen (secondary N) is 1. The molecule has 11 nitrogen and oxygen atoms in total. The van der Waals surface area contributed by atoms with E-state index in [1.165, 1.54) is 0 Å². The van der Waals surface area contributed by atoms with Gasteiger partial charge in [-0.15, -0.1) is 0 Å². The molecule has 38 heavy (non-hydrogen) atoms. The van der Waals surface area contributed by atoms with Gasteiger partial charge in [-0.05, 0) is 51.8 Å². The molecule has 2 aromatic rings. The number of hydrogen-bond donors (Lipinski definition) is 4. The van der Waals surface area contributed by atoms with E-state index in [9.17, 15) is 19.5 Å². The van der Waals surface area contributed by atoms with E-state index in [1.54, 1.807) is 0 Å². The molecule has 0 spiro atoms. The number of hydrogen-bond acceptors (Lipinski definition) is 7. The first kappa shape index (κ1) is 29.3. The Morgan fingerprint density at radius 1 is 1.13 bits per heavy atom. The molecule has 4 rings (SSSR count). The maximum Gasteiger partial charge on any atom is 0.328 e. The molecule has 1 amide bonds. The van der Waals surface area contributed by atoms with E-state index < -0.39 is 17.5 Å². The lowest BCUT2D eigenvalue weighted by atomic mass is 9.91. The number of carboxylic acid groups (broad SMARTS) is 2. The average molecular weight is 531 g/mol. The lowest BCUT2D eigenvalue weighted by molar-refractivity contribution is -0.134. The minimum atomic E-state index is -1.26. The minimum absolute atomic E-state index is 0.0476. The van der Waals surface area contributed by atoms with Crippen LogP contribution in [0.5, 0.6) is 0 Å². The fraction of sp³-hybridized carbons (Fsp3) is 0.556. The van der Waals surface area contributed by atoms with Crippen molar-refractivity contribution in [2.75, 3.05) is 39.4 Å². The maximum atomic E-state index is 12.8. The Hall–Kier alpha value is -3.28. The lowest BCUT2D eigenvalue weighted by Crippen LogP contribution is -2.49. The minimum Gasteiger partial charge on any atom is -0.478 e. The lowest BCUT2D eigenvalue weighted by Gasteiger charge is -2.39. The highest BCUT2D eigenvalue weighted by atomic mass is 16.5. The molecule has 0 radical (unpaired) electrons. The Morgan fingerprint density at radius 3 is 2.34 bits per heavy atom. The SMILES string of the molecule is CC(C)n1cc2cccc(C(=O)NCC3CCN(CC4(O)CCOCC4)CC3)c2n1.O=C(O)/C=C/C(=O)O. The fourth-order valence-electron chi connectivity index (χ4n) is 4.66. The molecule has 4 N–H and O–H groups in total. The molecule has 3 heterocycles. The van der Waals surface area contributed by atoms with Crippen LogP contribution in [-0.4, -0.2) is 92.8 Å². The van der Waals surface area contributed by atoms with Crippen LogP contribution >= 0.6 is 0 Å². The molecule has 0 unspecified atom stereocenters. The maximum absolute atomic E-state index is 12.8. The van der Waals surface area contributed by atoms with Gasteiger partial charge in [0, 0.05) is 68.9 Å². The molecule has 0 bridgehead atoms. The molecule has 2 fully saturated rings. The van der Waals surface area contributed by atoms with Crippen LogP contribution in [0.3, 0.4) is 0 Å². The molecule has 2 saturated heterocycles. The van der Waals surface area contributed by atoms with Crippen LogP contribution < -0.4 is 5.32 Å². The Kier molecular flexibility index (Phi) is 10.4. The van der Waals surface area contributed by atoms with Crippen LogP contribution in [0.15, 0.2) is 36.5 Å². The molecule has 0 aliphatic carbocycles. The van der Waals surface area contributed by atoms with Gasteiger partial charge in [0.25, 0.3) is 5.91 Å². The van der Waals surface area contributed by atoms with Crippen molar-refractivity contribution in [2.45, 2.75) is 51.2 Å². The van der Waals surface area contributed by atoms with Crippen LogP contribution in [-0.2, 0) is 14.3 Å². The number of rotatable bonds is 8. The van der Waals surface area contributed by atoms with Crippen molar-refractivity contribution in [3.05, 3.63) is 42.1 Å². The van der Waals surface area contributed by atoms with Gasteiger partial charge in [-0.2, -0.15) is 5.10 Å². The number of piperidine rings is 1. The molecule has 1 aromatic carbocycles. The highest BCUT2D eigenvalue weighted by Gasteiger charge is 2.33. The second-order valence-electron chi connectivity index (χ2n) is 10.2. The van der Waals surface area contributed by atoms with Gasteiger partial charge < -0.3 is 30.3 Å². The number of carbonyl (C=O) groups excluding carboxylic acids is 1. The van der Waals surface area contributed by atoms with E-state index in [0.717, 1.165) is 56.2 Å². The number of likely N-dealkylation sites (tertiary alicyclic amines) is 1. The summed E-state index contributed by atoms with van der Waals surface area (Å²) in [5.41, 5.74) is 0.812. The van der Waals surface area contributed by atoms with Crippen molar-refractivity contribution >= 4 is 28.7 Å². The summed E-state index contributed by atoms with van der Waals surface area (Å²) in [6.45, 7) is 8.83. The Labute approximate surface area is 222 Å². The van der Waals surface area contributed by atoms with E-state index in [1.807, 2.05) is 29.1 Å². The topological polar surface area (TPSA) is 154 Å². The summed E-state index contributed by atoms with van der Waals surface area (Å²) in [6.07, 6.45) is 6.64. The van der Waals surface area contributed by atoms with Gasteiger partial charge in [-0.25, -0.2) is 9.59 Å². The van der Waals surface area contributed by atoms with Gasteiger partial charge in [0.1, 0.15) is 5.52 Å². The molecule has 0 saturated carbocycles. The zero-order chi connectivity index (χ0) is 27.7. The van der Waals surface area contributed by atoms with E-state index >= 15 is 0 Å². The number of carboxylic acids is 2. The second kappa shape index (κ2) is 13.5. The van der Waals surface area contributed by atoms with Crippen LogP contribution in [0.4, 0.5) is 0 Å². The zero-order valence-electron chi connectivity index (χ0n) is 22.0. The third kappa shape index (κ3) is 8.64. The highest BCUT2D eigenvalue weighted by molar-refractivity contribution is 6.05. The summed E-state index contributed by atoms with van der Waals surface area (Å²) in [6, 6.07) is 6.04. The largest absolute Gasteiger partial charge is 0.478 e. The van der Waals surface area contributed by atoms with Crippen molar-refractivity contribution in [2.24, 2.45) is 5.92 Å². The Bertz CT molecular complexity index is 1110. The summed E-state index contributed by atoms with van der Waals surface area (Å²) in [7, 11) is 0. The fourth-order valence-corrected chi connectivity index (χ4v) is 4.66. The first-order valence-electron chi connectivity index (χ1n) is 13.0. The number of amides is 1. The normalized spacial score (nSPS) is 18.3. The van der Waals surface area contributed by atoms with Crippen LogP contribution in [0, 0.1) is 5.92 Å². The number of benzene rings is 1. The van der Waals surface area contributed by atoms with E-state index in [2.05, 4.69) is 29.2 Å². The van der Waals surface area contributed by atoms with Gasteiger partial charge in [0.05, 0.1) is 11.2 Å². The molecule has 2 aliphatic heterocycles. The molecule has 2 aliphatic rings. The number of aliphatic hydroxyl groups is 1. The predicted octanol–water partition coefficient (Wildman–Crippen LogP) is 2.31. The van der Waals surface area contributed by atoms with Gasteiger partial charge in [-0.1, -0.05) is 12.1 Å². The Balaban J connectivity index is 0.000000436. The number of nitrogens with zero attached hydrogens (tertiary/aromatic N) is 3. The van der Waals surface area contributed by atoms with E-state index in [-0.39, 0.29) is 11.9 Å². The van der Waals surface area contributed by atoms with Crippen molar-refractivity contribution in [3.8, 4) is 0 Å². The summed E-state index contributed by atoms with van der Waals surface area (Å²) in [4.78, 5) is 34.3. The Morgan fingerprint density at radius 2 is 1.76 bits per heavy atom. The summed E-state index contributed by atoms with van der Waals surface area (Å²) >= 11 is 0. The van der Waals surface area contributed by atoms with Gasteiger partial charge in [0.2, 0.25) is 0 Å². The van der Waals surface area contributed by atoms with E-state index in [4.69, 9.17) is 14.9 Å². The number of aliphatic carboxylic acids is 2. The number of fused-ring (bicyclic) bond motifs is 1. The van der Waals surface area contributed by atoms with E-state index in [0.29, 0.717) is 43.4 Å². The van der Waals surface area contributed by atoms with Crippen molar-refractivity contribution < 1.29 is 34.4 Å². The van der Waals surface area contributed by atoms with Crippen LogP contribution in [0.2, 0.25) is 0 Å². The molecule has 11 heteroatoms. The van der Waals surface area contributed by atoms with Gasteiger partial charge in [-0.3, -0.25) is 9.48 Å². The van der Waals surface area contributed by atoms with Crippen molar-refractivity contribution in [1.82, 2.24) is 20.0 Å². The number of β-amino-alcohol motifs (C(OH)–C–C–N with tert-alkyl or cyclic N) is 1. The van der Waals surface area contributed by atoms with Gasteiger partial charge >= 0.3 is 11.9 Å². The number of aromatic nitrogens is 2. The first-order chi connectivity index (χ1) is 18.1. The number of carbonyl (C=O) groups is 3. The first-order valence-corrected chi connectivity index (χ1v) is 13.0. The molecule has 1 aromatic heterocycles. The second-order valence-corrected chi connectivity index (χ2v) is 10.2. The third-order valence-electron chi connectivity index (χ3n) is 6.90. The van der Waals surface area contributed by atoms with Crippen molar-refractivity contribution in [1.29, 1.82) is 0 Å². The van der Waals surface area contributed by atoms with Crippen molar-refractivity contribution in [3.63, 3.8) is 0 Å². The molecule has 0 atom stereocenters. The molecular formula is C27H38N4O7. The standard InChI is InChI=1S/C23H34N4O3.C4H4O4/c1-17(2)27-15-19-4-3-5-20(21(19)25-27)22(28)24-14-18-6-10-26(11-7-18)16-23(29)8-12-30-13-9-23;5-3(6)1-2-4(7)8/h3-5,15,17-18,29H,6-14,16H2,1-2H3,(H,24,28);1-2H,(H,5,6)(H,7,8)/b;2-1+.